The van der Waals surface area contributed by atoms with Gasteiger partial charge in [0.15, 0.2) is 0 Å². The van der Waals surface area contributed by atoms with E-state index in [0.29, 0.717) is 17.1 Å². The monoisotopic (exact) mass is 422 g/mol. The van der Waals surface area contributed by atoms with Crippen LogP contribution in [0.3, 0.4) is 0 Å². The molecule has 1 amide bonds. The highest BCUT2D eigenvalue weighted by Crippen LogP contribution is 2.25. The molecule has 152 valence electrons. The van der Waals surface area contributed by atoms with Crippen LogP contribution in [0.4, 0.5) is 5.69 Å². The molecule has 2 aromatic rings. The lowest BCUT2D eigenvalue weighted by atomic mass is 9.99. The van der Waals surface area contributed by atoms with Gasteiger partial charge in [0.25, 0.3) is 0 Å². The molecule has 2 atom stereocenters. The molecule has 0 spiro atoms. The van der Waals surface area contributed by atoms with E-state index in [9.17, 15) is 13.2 Å². The van der Waals surface area contributed by atoms with Crippen molar-refractivity contribution in [3.8, 4) is 0 Å². The van der Waals surface area contributed by atoms with Crippen molar-refractivity contribution in [3.63, 3.8) is 0 Å². The van der Waals surface area contributed by atoms with Crippen molar-refractivity contribution >= 4 is 33.2 Å². The van der Waals surface area contributed by atoms with Crippen molar-refractivity contribution < 1.29 is 13.2 Å². The number of carbonyl (C=O) groups is 1. The van der Waals surface area contributed by atoms with Crippen molar-refractivity contribution in [1.82, 2.24) is 5.32 Å². The van der Waals surface area contributed by atoms with Gasteiger partial charge in [-0.05, 0) is 62.1 Å². The normalized spacial score (nSPS) is 13.6. The van der Waals surface area contributed by atoms with Crippen LogP contribution in [-0.4, -0.2) is 26.6 Å². The quantitative estimate of drug-likeness (QED) is 0.720. The Morgan fingerprint density at radius 1 is 1.14 bits per heavy atom. The van der Waals surface area contributed by atoms with E-state index in [2.05, 4.69) is 11.4 Å². The molecular formula is C21H27ClN2O3S. The molecule has 0 aromatic heterocycles. The molecule has 0 unspecified atom stereocenters. The SMILES string of the molecule is CC[C@H](NC(=O)[C@@H](C)N(c1cccc(Cl)c1)S(C)(=O)=O)c1ccc(C)c(C)c1. The van der Waals surface area contributed by atoms with Crippen LogP contribution >= 0.6 is 11.6 Å². The number of aryl methyl sites for hydroxylation is 2. The number of anilines is 1. The number of amides is 1. The Labute approximate surface area is 172 Å². The van der Waals surface area contributed by atoms with Crippen LogP contribution < -0.4 is 9.62 Å². The van der Waals surface area contributed by atoms with E-state index in [1.807, 2.05) is 32.9 Å². The second kappa shape index (κ2) is 8.97. The summed E-state index contributed by atoms with van der Waals surface area (Å²) in [5.74, 6) is -0.365. The highest BCUT2D eigenvalue weighted by atomic mass is 35.5. The van der Waals surface area contributed by atoms with Crippen LogP contribution in [0, 0.1) is 13.8 Å². The fourth-order valence-corrected chi connectivity index (χ4v) is 4.47. The third-order valence-electron chi connectivity index (χ3n) is 4.81. The Balaban J connectivity index is 2.30. The Kier molecular flexibility index (Phi) is 7.12. The molecular weight excluding hydrogens is 396 g/mol. The third-order valence-corrected chi connectivity index (χ3v) is 6.29. The minimum atomic E-state index is -3.68. The molecule has 0 aliphatic heterocycles. The first-order chi connectivity index (χ1) is 13.0. The van der Waals surface area contributed by atoms with Crippen LogP contribution in [0.25, 0.3) is 0 Å². The van der Waals surface area contributed by atoms with Gasteiger partial charge < -0.3 is 5.32 Å². The van der Waals surface area contributed by atoms with E-state index in [-0.39, 0.29) is 11.9 Å². The van der Waals surface area contributed by atoms with Gasteiger partial charge >= 0.3 is 0 Å². The Morgan fingerprint density at radius 3 is 2.36 bits per heavy atom. The first kappa shape index (κ1) is 22.2. The molecule has 1 N–H and O–H groups in total. The molecule has 0 radical (unpaired) electrons. The maximum Gasteiger partial charge on any atom is 0.244 e. The first-order valence-electron chi connectivity index (χ1n) is 9.17. The van der Waals surface area contributed by atoms with Crippen molar-refractivity contribution in [3.05, 3.63) is 64.2 Å². The van der Waals surface area contributed by atoms with Gasteiger partial charge in [-0.25, -0.2) is 8.42 Å². The molecule has 0 heterocycles. The molecule has 0 aliphatic rings. The number of halogens is 1. The van der Waals surface area contributed by atoms with Gasteiger partial charge in [-0.15, -0.1) is 0 Å². The van der Waals surface area contributed by atoms with Gasteiger partial charge in [-0.2, -0.15) is 0 Å². The summed E-state index contributed by atoms with van der Waals surface area (Å²) >= 11 is 6.02. The Morgan fingerprint density at radius 2 is 1.82 bits per heavy atom. The lowest BCUT2D eigenvalue weighted by Crippen LogP contribution is -2.48. The van der Waals surface area contributed by atoms with Crippen molar-refractivity contribution in [1.29, 1.82) is 0 Å². The number of nitrogens with one attached hydrogen (secondary N) is 1. The molecule has 2 rings (SSSR count). The standard InChI is InChI=1S/C21H27ClN2O3S/c1-6-20(17-11-10-14(2)15(3)12-17)23-21(25)16(4)24(28(5,26)27)19-9-7-8-18(22)13-19/h7-13,16,20H,6H2,1-5H3,(H,23,25)/t16-,20+/m1/s1. The fraction of sp³-hybridized carbons (Fsp3) is 0.381. The number of nitrogens with zero attached hydrogens (tertiary/aromatic N) is 1. The number of hydrogen-bond acceptors (Lipinski definition) is 3. The van der Waals surface area contributed by atoms with Gasteiger partial charge in [0.1, 0.15) is 6.04 Å². The Bertz CT molecular complexity index is 960. The summed E-state index contributed by atoms with van der Waals surface area (Å²) in [6.45, 7) is 7.62. The van der Waals surface area contributed by atoms with E-state index in [4.69, 9.17) is 11.6 Å². The lowest BCUT2D eigenvalue weighted by molar-refractivity contribution is -0.122. The zero-order chi connectivity index (χ0) is 21.1. The molecule has 0 fully saturated rings. The predicted octanol–water partition coefficient (Wildman–Crippen LogP) is 4.38. The molecule has 0 saturated carbocycles. The van der Waals surface area contributed by atoms with Crippen LogP contribution in [-0.2, 0) is 14.8 Å². The molecule has 7 heteroatoms. The fourth-order valence-electron chi connectivity index (χ4n) is 3.12. The summed E-state index contributed by atoms with van der Waals surface area (Å²) in [4.78, 5) is 12.9. The zero-order valence-electron chi connectivity index (χ0n) is 16.9. The van der Waals surface area contributed by atoms with Crippen LogP contribution in [0.1, 0.15) is 43.0 Å². The topological polar surface area (TPSA) is 66.5 Å². The van der Waals surface area contributed by atoms with E-state index in [1.54, 1.807) is 25.1 Å². The lowest BCUT2D eigenvalue weighted by Gasteiger charge is -2.30. The van der Waals surface area contributed by atoms with Crippen LogP contribution in [0.15, 0.2) is 42.5 Å². The summed E-state index contributed by atoms with van der Waals surface area (Å²) in [6.07, 6.45) is 1.77. The number of rotatable bonds is 7. The van der Waals surface area contributed by atoms with Crippen molar-refractivity contribution in [2.24, 2.45) is 0 Å². The molecule has 28 heavy (non-hydrogen) atoms. The predicted molar refractivity (Wildman–Crippen MR) is 115 cm³/mol. The summed E-state index contributed by atoms with van der Waals surface area (Å²) in [5.41, 5.74) is 3.69. The Hall–Kier alpha value is -2.05. The summed E-state index contributed by atoms with van der Waals surface area (Å²) < 4.78 is 25.9. The van der Waals surface area contributed by atoms with Crippen LogP contribution in [0.5, 0.6) is 0 Å². The van der Waals surface area contributed by atoms with E-state index in [0.717, 1.165) is 21.7 Å². The number of carbonyl (C=O) groups excluding carboxylic acids is 1. The van der Waals surface area contributed by atoms with Gasteiger partial charge in [0.05, 0.1) is 18.0 Å². The zero-order valence-corrected chi connectivity index (χ0v) is 18.4. The second-order valence-electron chi connectivity index (χ2n) is 7.03. The van der Waals surface area contributed by atoms with Crippen LogP contribution in [0.2, 0.25) is 5.02 Å². The van der Waals surface area contributed by atoms with Crippen molar-refractivity contribution in [2.45, 2.75) is 46.2 Å². The second-order valence-corrected chi connectivity index (χ2v) is 9.32. The van der Waals surface area contributed by atoms with E-state index >= 15 is 0 Å². The number of hydrogen-bond donors (Lipinski definition) is 1. The van der Waals surface area contributed by atoms with Gasteiger partial charge in [-0.1, -0.05) is 42.8 Å². The summed E-state index contributed by atoms with van der Waals surface area (Å²) in [5, 5.41) is 3.39. The summed E-state index contributed by atoms with van der Waals surface area (Å²) in [6, 6.07) is 11.4. The maximum atomic E-state index is 12.9. The van der Waals surface area contributed by atoms with E-state index in [1.165, 1.54) is 11.6 Å². The number of sulfonamides is 1. The third kappa shape index (κ3) is 5.26. The molecule has 0 aliphatic carbocycles. The maximum absolute atomic E-state index is 12.9. The minimum Gasteiger partial charge on any atom is -0.347 e. The number of benzene rings is 2. The average molecular weight is 423 g/mol. The average Bonchev–Trinajstić information content (AvgIpc) is 2.60. The van der Waals surface area contributed by atoms with Gasteiger partial charge in [0.2, 0.25) is 15.9 Å². The van der Waals surface area contributed by atoms with Gasteiger partial charge in [0, 0.05) is 5.02 Å². The largest absolute Gasteiger partial charge is 0.347 e. The molecule has 2 aromatic carbocycles. The highest BCUT2D eigenvalue weighted by molar-refractivity contribution is 7.92. The summed E-state index contributed by atoms with van der Waals surface area (Å²) in [7, 11) is -3.68. The highest BCUT2D eigenvalue weighted by Gasteiger charge is 2.30. The smallest absolute Gasteiger partial charge is 0.244 e. The minimum absolute atomic E-state index is 0.199. The first-order valence-corrected chi connectivity index (χ1v) is 11.4. The molecule has 0 bridgehead atoms. The molecule has 5 nitrogen and oxygen atoms in total. The van der Waals surface area contributed by atoms with Crippen molar-refractivity contribution in [2.75, 3.05) is 10.6 Å². The van der Waals surface area contributed by atoms with Gasteiger partial charge in [-0.3, -0.25) is 9.10 Å². The molecule has 0 saturated heterocycles. The van der Waals surface area contributed by atoms with E-state index < -0.39 is 16.1 Å².